The van der Waals surface area contributed by atoms with Crippen LogP contribution in [0.2, 0.25) is 0 Å². The van der Waals surface area contributed by atoms with E-state index in [-0.39, 0.29) is 16.6 Å². The molecule has 0 heterocycles. The Hall–Kier alpha value is -3.03. The fourth-order valence-electron chi connectivity index (χ4n) is 3.11. The Balaban J connectivity index is 2.01. The van der Waals surface area contributed by atoms with Crippen LogP contribution in [-0.2, 0) is 14.8 Å². The summed E-state index contributed by atoms with van der Waals surface area (Å²) >= 11 is 0. The molecule has 3 rings (SSSR count). The van der Waals surface area contributed by atoms with Gasteiger partial charge < -0.3 is 5.32 Å². The highest BCUT2D eigenvalue weighted by molar-refractivity contribution is 7.89. The number of sulfonamides is 1. The average molecular weight is 412 g/mol. The van der Waals surface area contributed by atoms with Gasteiger partial charge in [0.1, 0.15) is 5.82 Å². The Bertz CT molecular complexity index is 1080. The zero-order valence-corrected chi connectivity index (χ0v) is 16.9. The van der Waals surface area contributed by atoms with Gasteiger partial charge in [0.2, 0.25) is 15.9 Å². The molecule has 29 heavy (non-hydrogen) atoms. The molecule has 5 nitrogen and oxygen atoms in total. The SMILES string of the molecule is CC(=O)Nc1ccc(S(=O)(=O)N(C)[C@H](c2ccccc2)c2ccc(F)cc2)cc1. The van der Waals surface area contributed by atoms with Crippen LogP contribution in [0.5, 0.6) is 0 Å². The molecular weight excluding hydrogens is 391 g/mol. The second-order valence-electron chi connectivity index (χ2n) is 6.59. The van der Waals surface area contributed by atoms with Crippen molar-refractivity contribution in [1.82, 2.24) is 4.31 Å². The Kier molecular flexibility index (Phi) is 6.10. The smallest absolute Gasteiger partial charge is 0.243 e. The third-order valence-corrected chi connectivity index (χ3v) is 6.35. The van der Waals surface area contributed by atoms with Gasteiger partial charge in [-0.15, -0.1) is 0 Å². The molecule has 0 aliphatic rings. The van der Waals surface area contributed by atoms with Gasteiger partial charge in [-0.1, -0.05) is 42.5 Å². The van der Waals surface area contributed by atoms with Crippen molar-refractivity contribution in [2.24, 2.45) is 0 Å². The minimum atomic E-state index is -3.86. The summed E-state index contributed by atoms with van der Waals surface area (Å²) in [7, 11) is -2.36. The average Bonchev–Trinajstić information content (AvgIpc) is 2.70. The number of rotatable bonds is 6. The highest BCUT2D eigenvalue weighted by Crippen LogP contribution is 2.32. The summed E-state index contributed by atoms with van der Waals surface area (Å²) < 4.78 is 41.3. The number of anilines is 1. The van der Waals surface area contributed by atoms with Crippen molar-refractivity contribution in [3.8, 4) is 0 Å². The number of carbonyl (C=O) groups excluding carboxylic acids is 1. The fourth-order valence-corrected chi connectivity index (χ4v) is 4.44. The maximum Gasteiger partial charge on any atom is 0.243 e. The van der Waals surface area contributed by atoms with Crippen molar-refractivity contribution in [3.05, 3.63) is 95.8 Å². The number of amides is 1. The van der Waals surface area contributed by atoms with Crippen LogP contribution < -0.4 is 5.32 Å². The molecular formula is C22H21FN2O3S. The minimum absolute atomic E-state index is 0.0946. The summed E-state index contributed by atoms with van der Waals surface area (Å²) in [6.07, 6.45) is 0. The second-order valence-corrected chi connectivity index (χ2v) is 8.59. The molecule has 3 aromatic rings. The van der Waals surface area contributed by atoms with Crippen molar-refractivity contribution in [2.75, 3.05) is 12.4 Å². The fraction of sp³-hybridized carbons (Fsp3) is 0.136. The van der Waals surface area contributed by atoms with Crippen LogP contribution in [-0.4, -0.2) is 25.7 Å². The van der Waals surface area contributed by atoms with Gasteiger partial charge in [-0.25, -0.2) is 12.8 Å². The number of nitrogens with zero attached hydrogens (tertiary/aromatic N) is 1. The van der Waals surface area contributed by atoms with Crippen molar-refractivity contribution in [2.45, 2.75) is 17.9 Å². The number of halogens is 1. The molecule has 0 unspecified atom stereocenters. The first-order valence-electron chi connectivity index (χ1n) is 8.95. The van der Waals surface area contributed by atoms with Crippen LogP contribution >= 0.6 is 0 Å². The Morgan fingerprint density at radius 2 is 1.45 bits per heavy atom. The van der Waals surface area contributed by atoms with E-state index in [9.17, 15) is 17.6 Å². The molecule has 0 saturated carbocycles. The first kappa shape index (κ1) is 20.7. The van der Waals surface area contributed by atoms with Crippen LogP contribution in [0.3, 0.4) is 0 Å². The van der Waals surface area contributed by atoms with Crippen LogP contribution in [0.4, 0.5) is 10.1 Å². The first-order chi connectivity index (χ1) is 13.8. The molecule has 0 aliphatic carbocycles. The number of hydrogen-bond acceptors (Lipinski definition) is 3. The van der Waals surface area contributed by atoms with Crippen LogP contribution in [0.1, 0.15) is 24.1 Å². The molecule has 1 amide bonds. The molecule has 1 N–H and O–H groups in total. The maximum absolute atomic E-state index is 13.4. The Morgan fingerprint density at radius 3 is 2.00 bits per heavy atom. The third kappa shape index (κ3) is 4.70. The molecule has 1 atom stereocenters. The van der Waals surface area contributed by atoms with Gasteiger partial charge in [-0.2, -0.15) is 4.31 Å². The van der Waals surface area contributed by atoms with Gasteiger partial charge in [0.15, 0.2) is 0 Å². The van der Waals surface area contributed by atoms with Gasteiger partial charge >= 0.3 is 0 Å². The van der Waals surface area contributed by atoms with E-state index in [4.69, 9.17) is 0 Å². The highest BCUT2D eigenvalue weighted by atomic mass is 32.2. The van der Waals surface area contributed by atoms with E-state index in [1.54, 1.807) is 12.1 Å². The monoisotopic (exact) mass is 412 g/mol. The second kappa shape index (κ2) is 8.55. The maximum atomic E-state index is 13.4. The van der Waals surface area contributed by atoms with E-state index >= 15 is 0 Å². The summed E-state index contributed by atoms with van der Waals surface area (Å²) in [5.74, 6) is -0.627. The van der Waals surface area contributed by atoms with Crippen LogP contribution in [0, 0.1) is 5.82 Å². The van der Waals surface area contributed by atoms with E-state index in [1.807, 2.05) is 30.3 Å². The molecule has 0 aliphatic heterocycles. The van der Waals surface area contributed by atoms with E-state index in [2.05, 4.69) is 5.32 Å². The van der Waals surface area contributed by atoms with Crippen LogP contribution in [0.25, 0.3) is 0 Å². The Morgan fingerprint density at radius 1 is 0.897 bits per heavy atom. The number of benzene rings is 3. The van der Waals surface area contributed by atoms with Crippen molar-refractivity contribution in [3.63, 3.8) is 0 Å². The van der Waals surface area contributed by atoms with Gasteiger partial charge in [0.05, 0.1) is 10.9 Å². The van der Waals surface area contributed by atoms with E-state index < -0.39 is 16.1 Å². The van der Waals surface area contributed by atoms with Crippen molar-refractivity contribution < 1.29 is 17.6 Å². The lowest BCUT2D eigenvalue weighted by Crippen LogP contribution is -2.32. The number of hydrogen-bond donors (Lipinski definition) is 1. The molecule has 7 heteroatoms. The minimum Gasteiger partial charge on any atom is -0.326 e. The van der Waals surface area contributed by atoms with E-state index in [1.165, 1.54) is 54.7 Å². The molecule has 0 radical (unpaired) electrons. The quantitative estimate of drug-likeness (QED) is 0.660. The van der Waals surface area contributed by atoms with Gasteiger partial charge in [-0.3, -0.25) is 4.79 Å². The molecule has 150 valence electrons. The predicted molar refractivity (Wildman–Crippen MR) is 110 cm³/mol. The van der Waals surface area contributed by atoms with E-state index in [0.717, 1.165) is 5.56 Å². The largest absolute Gasteiger partial charge is 0.326 e. The molecule has 3 aromatic carbocycles. The molecule has 0 spiro atoms. The third-order valence-electron chi connectivity index (χ3n) is 4.52. The zero-order chi connectivity index (χ0) is 21.0. The summed E-state index contributed by atoms with van der Waals surface area (Å²) in [5, 5.41) is 2.61. The topological polar surface area (TPSA) is 66.5 Å². The highest BCUT2D eigenvalue weighted by Gasteiger charge is 2.30. The van der Waals surface area contributed by atoms with Crippen LogP contribution in [0.15, 0.2) is 83.8 Å². The standard InChI is InChI=1S/C22H21FN2O3S/c1-16(26)24-20-12-14-21(15-13-20)29(27,28)25(2)22(17-6-4-3-5-7-17)18-8-10-19(23)11-9-18/h3-15,22H,1-2H3,(H,24,26)/t22-/m1/s1. The lowest BCUT2D eigenvalue weighted by atomic mass is 9.99. The van der Waals surface area contributed by atoms with Crippen molar-refractivity contribution in [1.29, 1.82) is 0 Å². The lowest BCUT2D eigenvalue weighted by Gasteiger charge is -2.28. The summed E-state index contributed by atoms with van der Waals surface area (Å²) in [4.78, 5) is 11.3. The van der Waals surface area contributed by atoms with E-state index in [0.29, 0.717) is 11.3 Å². The van der Waals surface area contributed by atoms with Gasteiger partial charge in [0, 0.05) is 19.7 Å². The lowest BCUT2D eigenvalue weighted by molar-refractivity contribution is -0.114. The first-order valence-corrected chi connectivity index (χ1v) is 10.4. The van der Waals surface area contributed by atoms with Gasteiger partial charge in [-0.05, 0) is 47.5 Å². The number of carbonyl (C=O) groups is 1. The summed E-state index contributed by atoms with van der Waals surface area (Å²) in [6, 6.07) is 20.3. The van der Waals surface area contributed by atoms with Crippen molar-refractivity contribution >= 4 is 21.6 Å². The van der Waals surface area contributed by atoms with Gasteiger partial charge in [0.25, 0.3) is 0 Å². The molecule has 0 bridgehead atoms. The zero-order valence-electron chi connectivity index (χ0n) is 16.0. The molecule has 0 aromatic heterocycles. The molecule has 0 saturated heterocycles. The summed E-state index contributed by atoms with van der Waals surface area (Å²) in [5.41, 5.74) is 1.93. The summed E-state index contributed by atoms with van der Waals surface area (Å²) in [6.45, 7) is 1.38. The Labute approximate surface area is 169 Å². The molecule has 0 fully saturated rings. The normalized spacial score (nSPS) is 12.6. The number of nitrogens with one attached hydrogen (secondary N) is 1. The predicted octanol–water partition coefficient (Wildman–Crippen LogP) is 4.19.